The Balaban J connectivity index is 2.01. The monoisotopic (exact) mass is 356 g/mol. The van der Waals surface area contributed by atoms with Crippen LogP contribution < -0.4 is 0 Å². The van der Waals surface area contributed by atoms with Gasteiger partial charge in [0.05, 0.1) is 19.1 Å². The van der Waals surface area contributed by atoms with Gasteiger partial charge in [-0.05, 0) is 18.4 Å². The van der Waals surface area contributed by atoms with E-state index in [1.807, 2.05) is 30.3 Å². The minimum atomic E-state index is -1.56. The van der Waals surface area contributed by atoms with Gasteiger partial charge < -0.3 is 35.0 Å². The summed E-state index contributed by atoms with van der Waals surface area (Å²) >= 11 is 0. The summed E-state index contributed by atoms with van der Waals surface area (Å²) in [6, 6.07) is 9.44. The zero-order chi connectivity index (χ0) is 18.4. The van der Waals surface area contributed by atoms with Crippen molar-refractivity contribution in [1.82, 2.24) is 0 Å². The van der Waals surface area contributed by atoms with Crippen molar-refractivity contribution in [2.24, 2.45) is 0 Å². The average Bonchev–Trinajstić information content (AvgIpc) is 2.60. The third kappa shape index (κ3) is 5.46. The number of carboxylic acids is 1. The SMILES string of the molecule is O=C(O)C[C@H](CCc1ccccc1)O[C@@H]1O[C@@H](CO)[C@@H](O)[C@@H](O)[C@H]1O. The number of aliphatic hydroxyl groups is 4. The Kier molecular flexibility index (Phi) is 7.30. The molecule has 25 heavy (non-hydrogen) atoms. The van der Waals surface area contributed by atoms with Gasteiger partial charge in [0.15, 0.2) is 6.29 Å². The molecule has 0 spiro atoms. The van der Waals surface area contributed by atoms with E-state index in [2.05, 4.69) is 0 Å². The van der Waals surface area contributed by atoms with Gasteiger partial charge in [0, 0.05) is 0 Å². The first-order valence-corrected chi connectivity index (χ1v) is 8.14. The molecule has 0 aromatic heterocycles. The van der Waals surface area contributed by atoms with Crippen LogP contribution in [0.5, 0.6) is 0 Å². The lowest BCUT2D eigenvalue weighted by atomic mass is 9.99. The van der Waals surface area contributed by atoms with Crippen molar-refractivity contribution in [3.05, 3.63) is 35.9 Å². The van der Waals surface area contributed by atoms with Crippen molar-refractivity contribution < 1.29 is 39.8 Å². The molecule has 0 radical (unpaired) electrons. The van der Waals surface area contributed by atoms with Crippen LogP contribution in [0.4, 0.5) is 0 Å². The third-order valence-electron chi connectivity index (χ3n) is 4.18. The maximum atomic E-state index is 11.1. The van der Waals surface area contributed by atoms with E-state index >= 15 is 0 Å². The lowest BCUT2D eigenvalue weighted by Crippen LogP contribution is -2.59. The minimum Gasteiger partial charge on any atom is -0.481 e. The highest BCUT2D eigenvalue weighted by Gasteiger charge is 2.44. The standard InChI is InChI=1S/C17H24O8/c18-9-12-14(21)15(22)16(23)17(25-12)24-11(8-13(19)20)7-6-10-4-2-1-3-5-10/h1-5,11-12,14-18,21-23H,6-9H2,(H,19,20)/t11-,12-,14+,15+,16+,17+/m0/s1. The Bertz CT molecular complexity index is 535. The molecule has 1 aromatic rings. The van der Waals surface area contributed by atoms with Gasteiger partial charge in [0.25, 0.3) is 0 Å². The van der Waals surface area contributed by atoms with Gasteiger partial charge in [-0.2, -0.15) is 0 Å². The van der Waals surface area contributed by atoms with Crippen LogP contribution in [0.1, 0.15) is 18.4 Å². The number of aliphatic hydroxyl groups excluding tert-OH is 4. The smallest absolute Gasteiger partial charge is 0.305 e. The van der Waals surface area contributed by atoms with Gasteiger partial charge in [0.1, 0.15) is 24.4 Å². The van der Waals surface area contributed by atoms with Crippen LogP contribution in [-0.2, 0) is 20.7 Å². The Morgan fingerprint density at radius 3 is 2.40 bits per heavy atom. The molecule has 0 aliphatic carbocycles. The van der Waals surface area contributed by atoms with Crippen LogP contribution in [0, 0.1) is 0 Å². The Hall–Kier alpha value is -1.55. The maximum Gasteiger partial charge on any atom is 0.305 e. The average molecular weight is 356 g/mol. The summed E-state index contributed by atoms with van der Waals surface area (Å²) in [4.78, 5) is 11.1. The summed E-state index contributed by atoms with van der Waals surface area (Å²) in [6.45, 7) is -0.571. The second kappa shape index (κ2) is 9.23. The molecule has 0 amide bonds. The summed E-state index contributed by atoms with van der Waals surface area (Å²) in [6.07, 6.45) is -7.16. The molecule has 1 heterocycles. The number of rotatable bonds is 8. The van der Waals surface area contributed by atoms with Gasteiger partial charge in [0.2, 0.25) is 0 Å². The fourth-order valence-electron chi connectivity index (χ4n) is 2.75. The predicted molar refractivity (Wildman–Crippen MR) is 85.7 cm³/mol. The quantitative estimate of drug-likeness (QED) is 0.412. The molecule has 8 heteroatoms. The molecule has 2 rings (SSSR count). The zero-order valence-corrected chi connectivity index (χ0v) is 13.6. The van der Waals surface area contributed by atoms with E-state index in [-0.39, 0.29) is 6.42 Å². The van der Waals surface area contributed by atoms with Crippen molar-refractivity contribution in [1.29, 1.82) is 0 Å². The Morgan fingerprint density at radius 2 is 1.80 bits per heavy atom. The maximum absolute atomic E-state index is 11.1. The molecule has 8 nitrogen and oxygen atoms in total. The van der Waals surface area contributed by atoms with Crippen LogP contribution in [0.3, 0.4) is 0 Å². The predicted octanol–water partition coefficient (Wildman–Crippen LogP) is -0.721. The molecule has 1 saturated heterocycles. The topological polar surface area (TPSA) is 137 Å². The van der Waals surface area contributed by atoms with Crippen LogP contribution >= 0.6 is 0 Å². The first kappa shape index (κ1) is 19.8. The van der Waals surface area contributed by atoms with Gasteiger partial charge in [-0.25, -0.2) is 0 Å². The lowest BCUT2D eigenvalue weighted by molar-refractivity contribution is -0.311. The van der Waals surface area contributed by atoms with E-state index in [0.717, 1.165) is 5.56 Å². The second-order valence-corrected chi connectivity index (χ2v) is 6.08. The molecule has 6 atom stereocenters. The molecule has 0 saturated carbocycles. The van der Waals surface area contributed by atoms with E-state index in [9.17, 15) is 25.2 Å². The molecule has 1 aliphatic rings. The third-order valence-corrected chi connectivity index (χ3v) is 4.18. The van der Waals surface area contributed by atoms with Crippen molar-refractivity contribution in [2.45, 2.75) is 56.1 Å². The molecule has 1 aliphatic heterocycles. The van der Waals surface area contributed by atoms with Crippen LogP contribution in [0.2, 0.25) is 0 Å². The van der Waals surface area contributed by atoms with Crippen LogP contribution in [0.15, 0.2) is 30.3 Å². The number of ether oxygens (including phenoxy) is 2. The summed E-state index contributed by atoms with van der Waals surface area (Å²) < 4.78 is 10.8. The van der Waals surface area contributed by atoms with E-state index in [4.69, 9.17) is 14.6 Å². The number of aryl methyl sites for hydroxylation is 1. The summed E-state index contributed by atoms with van der Waals surface area (Å²) in [7, 11) is 0. The van der Waals surface area contributed by atoms with Gasteiger partial charge in [-0.15, -0.1) is 0 Å². The fraction of sp³-hybridized carbons (Fsp3) is 0.588. The van der Waals surface area contributed by atoms with Crippen molar-refractivity contribution in [3.8, 4) is 0 Å². The molecule has 1 aromatic carbocycles. The number of hydrogen-bond acceptors (Lipinski definition) is 7. The Morgan fingerprint density at radius 1 is 1.12 bits per heavy atom. The zero-order valence-electron chi connectivity index (χ0n) is 13.6. The van der Waals surface area contributed by atoms with E-state index in [1.54, 1.807) is 0 Å². The van der Waals surface area contributed by atoms with Crippen LogP contribution in [0.25, 0.3) is 0 Å². The van der Waals surface area contributed by atoms with Gasteiger partial charge in [-0.1, -0.05) is 30.3 Å². The summed E-state index contributed by atoms with van der Waals surface area (Å²) in [5, 5.41) is 47.8. The second-order valence-electron chi connectivity index (χ2n) is 6.08. The normalized spacial score (nSPS) is 30.8. The minimum absolute atomic E-state index is 0.304. The number of carbonyl (C=O) groups is 1. The fourth-order valence-corrected chi connectivity index (χ4v) is 2.75. The highest BCUT2D eigenvalue weighted by molar-refractivity contribution is 5.67. The summed E-state index contributed by atoms with van der Waals surface area (Å²) in [5.41, 5.74) is 1.01. The molecule has 1 fully saturated rings. The molecule has 140 valence electrons. The van der Waals surface area contributed by atoms with Crippen molar-refractivity contribution >= 4 is 5.97 Å². The van der Waals surface area contributed by atoms with Gasteiger partial charge in [-0.3, -0.25) is 4.79 Å². The van der Waals surface area contributed by atoms with E-state index in [1.165, 1.54) is 0 Å². The largest absolute Gasteiger partial charge is 0.481 e. The van der Waals surface area contributed by atoms with Crippen LogP contribution in [-0.4, -0.2) is 74.9 Å². The first-order valence-electron chi connectivity index (χ1n) is 8.14. The van der Waals surface area contributed by atoms with Crippen molar-refractivity contribution in [2.75, 3.05) is 6.61 Å². The lowest BCUT2D eigenvalue weighted by Gasteiger charge is -2.40. The molecule has 0 bridgehead atoms. The molecular weight excluding hydrogens is 332 g/mol. The number of aliphatic carboxylic acids is 1. The van der Waals surface area contributed by atoms with Crippen molar-refractivity contribution in [3.63, 3.8) is 0 Å². The molecule has 5 N–H and O–H groups in total. The summed E-state index contributed by atoms with van der Waals surface area (Å²) in [5.74, 6) is -1.07. The van der Waals surface area contributed by atoms with E-state index in [0.29, 0.717) is 12.8 Å². The first-order chi connectivity index (χ1) is 11.9. The number of carboxylic acid groups (broad SMARTS) is 1. The Labute approximate surface area is 145 Å². The number of hydrogen-bond donors (Lipinski definition) is 5. The highest BCUT2D eigenvalue weighted by atomic mass is 16.7. The number of benzene rings is 1. The van der Waals surface area contributed by atoms with Gasteiger partial charge >= 0.3 is 5.97 Å². The highest BCUT2D eigenvalue weighted by Crippen LogP contribution is 2.24. The molecular formula is C17H24O8. The molecule has 0 unspecified atom stereocenters. The van der Waals surface area contributed by atoms with E-state index < -0.39 is 49.4 Å².